The van der Waals surface area contributed by atoms with Gasteiger partial charge in [-0.2, -0.15) is 0 Å². The molecule has 0 amide bonds. The molecule has 1 fully saturated rings. The first-order valence-corrected chi connectivity index (χ1v) is 8.34. The minimum Gasteiger partial charge on any atom is -0.301 e. The molecule has 0 atom stereocenters. The Labute approximate surface area is 137 Å². The predicted molar refractivity (Wildman–Crippen MR) is 91.2 cm³/mol. The molecule has 23 heavy (non-hydrogen) atoms. The van der Waals surface area contributed by atoms with Crippen LogP contribution in [0, 0.1) is 5.92 Å². The zero-order valence-corrected chi connectivity index (χ0v) is 13.9. The molecule has 3 rings (SSSR count). The topological polar surface area (TPSA) is 51.0 Å². The highest BCUT2D eigenvalue weighted by molar-refractivity contribution is 5.57. The van der Waals surface area contributed by atoms with Crippen LogP contribution in [0.5, 0.6) is 0 Å². The summed E-state index contributed by atoms with van der Waals surface area (Å²) in [4.78, 5) is 23.3. The molecule has 1 aliphatic heterocycles. The van der Waals surface area contributed by atoms with Gasteiger partial charge in [-0.1, -0.05) is 0 Å². The fourth-order valence-corrected chi connectivity index (χ4v) is 3.17. The second-order valence-electron chi connectivity index (χ2n) is 6.57. The van der Waals surface area contributed by atoms with E-state index in [9.17, 15) is 4.79 Å². The van der Waals surface area contributed by atoms with E-state index in [0.717, 1.165) is 38.0 Å². The first kappa shape index (κ1) is 15.9. The van der Waals surface area contributed by atoms with Crippen LogP contribution in [0.1, 0.15) is 26.7 Å². The van der Waals surface area contributed by atoms with Crippen molar-refractivity contribution in [2.24, 2.45) is 5.92 Å². The Bertz CT molecular complexity index is 688. The van der Waals surface area contributed by atoms with Gasteiger partial charge in [0, 0.05) is 36.6 Å². The third kappa shape index (κ3) is 3.85. The van der Waals surface area contributed by atoms with Crippen LogP contribution in [0.2, 0.25) is 0 Å². The van der Waals surface area contributed by atoms with Crippen LogP contribution in [-0.4, -0.2) is 38.6 Å². The standard InChI is InChI=1S/C18H24N4O/c1-14(2)21-9-5-15(6-10-21)12-22-13-20-17(11-18(22)23)16-3-7-19-8-4-16/h3-4,7-8,11,13-15H,5-6,9-10,12H2,1-2H3. The predicted octanol–water partition coefficient (Wildman–Crippen LogP) is 2.43. The van der Waals surface area contributed by atoms with Crippen molar-refractivity contribution in [3.63, 3.8) is 0 Å². The van der Waals surface area contributed by atoms with Crippen LogP contribution >= 0.6 is 0 Å². The van der Waals surface area contributed by atoms with E-state index < -0.39 is 0 Å². The van der Waals surface area contributed by atoms with E-state index >= 15 is 0 Å². The maximum absolute atomic E-state index is 12.4. The molecule has 0 saturated carbocycles. The molecule has 0 spiro atoms. The van der Waals surface area contributed by atoms with Gasteiger partial charge in [0.2, 0.25) is 0 Å². The van der Waals surface area contributed by atoms with Crippen molar-refractivity contribution in [2.45, 2.75) is 39.3 Å². The molecular formula is C18H24N4O. The normalized spacial score (nSPS) is 16.8. The molecule has 0 bridgehead atoms. The van der Waals surface area contributed by atoms with Crippen molar-refractivity contribution >= 4 is 0 Å². The maximum atomic E-state index is 12.4. The van der Waals surface area contributed by atoms with E-state index in [4.69, 9.17) is 0 Å². The zero-order chi connectivity index (χ0) is 16.2. The Hall–Kier alpha value is -2.01. The SMILES string of the molecule is CC(C)N1CCC(Cn2cnc(-c3ccncc3)cc2=O)CC1. The molecule has 1 aliphatic rings. The van der Waals surface area contributed by atoms with E-state index in [-0.39, 0.29) is 5.56 Å². The summed E-state index contributed by atoms with van der Waals surface area (Å²) in [6.45, 7) is 7.51. The minimum atomic E-state index is 0.0260. The van der Waals surface area contributed by atoms with Gasteiger partial charge < -0.3 is 4.90 Å². The summed E-state index contributed by atoms with van der Waals surface area (Å²) < 4.78 is 1.75. The van der Waals surface area contributed by atoms with Crippen LogP contribution in [0.4, 0.5) is 0 Å². The van der Waals surface area contributed by atoms with E-state index in [1.807, 2.05) is 12.1 Å². The first-order valence-electron chi connectivity index (χ1n) is 8.34. The highest BCUT2D eigenvalue weighted by Crippen LogP contribution is 2.20. The summed E-state index contributed by atoms with van der Waals surface area (Å²) in [6.07, 6.45) is 7.41. The molecule has 0 aliphatic carbocycles. The molecule has 2 aromatic heterocycles. The smallest absolute Gasteiger partial charge is 0.253 e. The number of likely N-dealkylation sites (tertiary alicyclic amines) is 1. The molecule has 122 valence electrons. The third-order valence-corrected chi connectivity index (χ3v) is 4.69. The van der Waals surface area contributed by atoms with Crippen molar-refractivity contribution in [3.8, 4) is 11.3 Å². The van der Waals surface area contributed by atoms with Crippen LogP contribution < -0.4 is 5.56 Å². The minimum absolute atomic E-state index is 0.0260. The van der Waals surface area contributed by atoms with Crippen molar-refractivity contribution in [2.75, 3.05) is 13.1 Å². The second kappa shape index (κ2) is 7.04. The van der Waals surface area contributed by atoms with Crippen LogP contribution in [0.3, 0.4) is 0 Å². The number of rotatable bonds is 4. The molecule has 0 N–H and O–H groups in total. The van der Waals surface area contributed by atoms with Gasteiger partial charge in [0.1, 0.15) is 0 Å². The largest absolute Gasteiger partial charge is 0.301 e. The molecule has 5 heteroatoms. The monoisotopic (exact) mass is 312 g/mol. The van der Waals surface area contributed by atoms with Gasteiger partial charge in [-0.05, 0) is 57.8 Å². The fourth-order valence-electron chi connectivity index (χ4n) is 3.17. The van der Waals surface area contributed by atoms with Gasteiger partial charge in [-0.25, -0.2) is 4.98 Å². The summed E-state index contributed by atoms with van der Waals surface area (Å²) in [5.74, 6) is 0.566. The average molecular weight is 312 g/mol. The van der Waals surface area contributed by atoms with E-state index in [0.29, 0.717) is 17.7 Å². The number of nitrogens with zero attached hydrogens (tertiary/aromatic N) is 4. The highest BCUT2D eigenvalue weighted by Gasteiger charge is 2.21. The third-order valence-electron chi connectivity index (χ3n) is 4.69. The lowest BCUT2D eigenvalue weighted by atomic mass is 9.96. The van der Waals surface area contributed by atoms with Gasteiger partial charge in [0.05, 0.1) is 12.0 Å². The van der Waals surface area contributed by atoms with Crippen molar-refractivity contribution in [3.05, 3.63) is 47.3 Å². The van der Waals surface area contributed by atoms with Crippen LogP contribution in [0.25, 0.3) is 11.3 Å². The summed E-state index contributed by atoms with van der Waals surface area (Å²) in [7, 11) is 0. The Morgan fingerprint density at radius 3 is 2.52 bits per heavy atom. The zero-order valence-electron chi connectivity index (χ0n) is 13.9. The van der Waals surface area contributed by atoms with Crippen molar-refractivity contribution in [1.82, 2.24) is 19.4 Å². The average Bonchev–Trinajstić information content (AvgIpc) is 2.58. The molecule has 2 aromatic rings. The summed E-state index contributed by atoms with van der Waals surface area (Å²) >= 11 is 0. The van der Waals surface area contributed by atoms with E-state index in [1.165, 1.54) is 0 Å². The summed E-state index contributed by atoms with van der Waals surface area (Å²) in [5, 5.41) is 0. The van der Waals surface area contributed by atoms with Gasteiger partial charge in [-0.3, -0.25) is 14.3 Å². The Morgan fingerprint density at radius 1 is 1.22 bits per heavy atom. The number of hydrogen-bond donors (Lipinski definition) is 0. The Kier molecular flexibility index (Phi) is 4.86. The number of hydrogen-bond acceptors (Lipinski definition) is 4. The van der Waals surface area contributed by atoms with Gasteiger partial charge in [-0.15, -0.1) is 0 Å². The number of piperidine rings is 1. The quantitative estimate of drug-likeness (QED) is 0.870. The lowest BCUT2D eigenvalue weighted by Gasteiger charge is -2.34. The van der Waals surface area contributed by atoms with Crippen LogP contribution in [0.15, 0.2) is 41.7 Å². The Balaban J connectivity index is 1.67. The summed E-state index contributed by atoms with van der Waals surface area (Å²) in [6, 6.07) is 5.97. The number of pyridine rings is 1. The fraction of sp³-hybridized carbons (Fsp3) is 0.500. The maximum Gasteiger partial charge on any atom is 0.253 e. The van der Waals surface area contributed by atoms with Crippen LogP contribution in [-0.2, 0) is 6.54 Å². The molecule has 0 radical (unpaired) electrons. The first-order chi connectivity index (χ1) is 11.1. The van der Waals surface area contributed by atoms with Gasteiger partial charge in [0.25, 0.3) is 5.56 Å². The second-order valence-corrected chi connectivity index (χ2v) is 6.57. The van der Waals surface area contributed by atoms with Crippen molar-refractivity contribution < 1.29 is 0 Å². The van der Waals surface area contributed by atoms with E-state index in [2.05, 4.69) is 28.7 Å². The summed E-state index contributed by atoms with van der Waals surface area (Å²) in [5.41, 5.74) is 1.66. The van der Waals surface area contributed by atoms with E-state index in [1.54, 1.807) is 29.4 Å². The molecule has 0 aromatic carbocycles. The molecule has 3 heterocycles. The van der Waals surface area contributed by atoms with Gasteiger partial charge >= 0.3 is 0 Å². The van der Waals surface area contributed by atoms with Crippen molar-refractivity contribution in [1.29, 1.82) is 0 Å². The molecular weight excluding hydrogens is 288 g/mol. The molecule has 1 saturated heterocycles. The molecule has 5 nitrogen and oxygen atoms in total. The molecule has 0 unspecified atom stereocenters. The lowest BCUT2D eigenvalue weighted by molar-refractivity contribution is 0.141. The lowest BCUT2D eigenvalue weighted by Crippen LogP contribution is -2.40. The number of aromatic nitrogens is 3. The highest BCUT2D eigenvalue weighted by atomic mass is 16.1. The van der Waals surface area contributed by atoms with Gasteiger partial charge in [0.15, 0.2) is 0 Å². The Morgan fingerprint density at radius 2 is 1.91 bits per heavy atom.